The third kappa shape index (κ3) is 13.6. The van der Waals surface area contributed by atoms with Gasteiger partial charge in [0.15, 0.2) is 0 Å². The molecule has 14 heteroatoms. The minimum Gasteiger partial charge on any atom is -0.368 e. The maximum atomic E-state index is 12.3. The zero-order valence-corrected chi connectivity index (χ0v) is 27.8. The summed E-state index contributed by atoms with van der Waals surface area (Å²) in [7, 11) is 0. The summed E-state index contributed by atoms with van der Waals surface area (Å²) in [4.78, 5) is 83.8. The van der Waals surface area contributed by atoms with Gasteiger partial charge in [0, 0.05) is 32.4 Å². The number of ketones is 3. The Hall–Kier alpha value is -3.23. The van der Waals surface area contributed by atoms with Crippen LogP contribution in [0.2, 0.25) is 0 Å². The summed E-state index contributed by atoms with van der Waals surface area (Å²) < 4.78 is 0. The van der Waals surface area contributed by atoms with Crippen LogP contribution in [0.5, 0.6) is 0 Å². The topological polar surface area (TPSA) is 232 Å². The van der Waals surface area contributed by atoms with E-state index in [1.54, 1.807) is 6.92 Å². The third-order valence-corrected chi connectivity index (χ3v) is 8.96. The maximum absolute atomic E-state index is 12.3. The van der Waals surface area contributed by atoms with Crippen LogP contribution in [-0.4, -0.2) is 89.8 Å². The van der Waals surface area contributed by atoms with Gasteiger partial charge in [-0.15, -0.1) is 0 Å². The predicted octanol–water partition coefficient (Wildman–Crippen LogP) is -0.203. The lowest BCUT2D eigenvalue weighted by Crippen LogP contribution is -2.50. The van der Waals surface area contributed by atoms with Crippen LogP contribution in [0.1, 0.15) is 111 Å². The number of primary amides is 2. The van der Waals surface area contributed by atoms with Crippen LogP contribution in [0.4, 0.5) is 0 Å². The van der Waals surface area contributed by atoms with Crippen LogP contribution in [0.3, 0.4) is 0 Å². The minimum absolute atomic E-state index is 0.00590. The highest BCUT2D eigenvalue weighted by Gasteiger charge is 2.49. The van der Waals surface area contributed by atoms with Crippen LogP contribution in [0.15, 0.2) is 0 Å². The Bertz CT molecular complexity index is 1100. The lowest BCUT2D eigenvalue weighted by molar-refractivity contribution is -0.128. The highest BCUT2D eigenvalue weighted by molar-refractivity contribution is 5.91. The molecule has 2 aliphatic rings. The van der Waals surface area contributed by atoms with Crippen LogP contribution in [0.25, 0.3) is 0 Å². The Labute approximate surface area is 272 Å². The fraction of sp³-hybridized carbons (Fsp3) is 0.781. The van der Waals surface area contributed by atoms with E-state index < -0.39 is 41.0 Å². The zero-order chi connectivity index (χ0) is 34.3. The second kappa shape index (κ2) is 18.8. The molecule has 2 aliphatic carbocycles. The number of carbonyl (C=O) groups excluding carboxylic acids is 7. The number of unbranched alkanes of at least 4 members (excludes halogenated alkanes) is 2. The van der Waals surface area contributed by atoms with Gasteiger partial charge in [-0.3, -0.25) is 44.2 Å². The number of amides is 4. The number of Topliss-reactive ketones (excluding diaryl/α,β-unsaturated/α-hetero) is 3. The number of hydrogen-bond acceptors (Lipinski definition) is 10. The standard InChI is InChI=1S/C32H55N7O7/c1-21(30(46)36-19-7-5-11-26(29(34)45)39-32(16-17-32)23(3)41)37-27(43)12-8-9-24(42)13-20-35-18-6-4-10-25(28(33)44)38-31(14-15-31)22(2)40/h21,25-26,35,38-39H,4-20H2,1-3H3,(H2,33,44)(H2,34,45)(H,36,46)(H,37,43)/t21-,25?,26-/m0/s1. The number of hydrogen-bond donors (Lipinski definition) is 7. The van der Waals surface area contributed by atoms with E-state index in [2.05, 4.69) is 26.6 Å². The van der Waals surface area contributed by atoms with E-state index in [1.807, 2.05) is 0 Å². The first-order chi connectivity index (χ1) is 21.7. The second-order valence-corrected chi connectivity index (χ2v) is 12.9. The van der Waals surface area contributed by atoms with Crippen LogP contribution in [-0.2, 0) is 33.6 Å². The van der Waals surface area contributed by atoms with E-state index in [0.29, 0.717) is 71.0 Å². The van der Waals surface area contributed by atoms with Crippen LogP contribution in [0, 0.1) is 0 Å². The van der Waals surface area contributed by atoms with E-state index in [4.69, 9.17) is 11.5 Å². The number of rotatable bonds is 27. The molecule has 0 spiro atoms. The predicted molar refractivity (Wildman–Crippen MR) is 172 cm³/mol. The molecule has 2 fully saturated rings. The molecular formula is C32H55N7O7. The Kier molecular flexibility index (Phi) is 15.9. The van der Waals surface area contributed by atoms with E-state index >= 15 is 0 Å². The van der Waals surface area contributed by atoms with E-state index in [9.17, 15) is 33.6 Å². The van der Waals surface area contributed by atoms with Gasteiger partial charge >= 0.3 is 0 Å². The normalized spacial score (nSPS) is 17.6. The second-order valence-electron chi connectivity index (χ2n) is 12.9. The summed E-state index contributed by atoms with van der Waals surface area (Å²) in [5.74, 6) is -1.49. The highest BCUT2D eigenvalue weighted by atomic mass is 16.2. The number of nitrogens with two attached hydrogens (primary N) is 2. The van der Waals surface area contributed by atoms with Gasteiger partial charge in [-0.25, -0.2) is 0 Å². The van der Waals surface area contributed by atoms with Gasteiger partial charge in [-0.1, -0.05) is 6.42 Å². The first kappa shape index (κ1) is 39.0. The molecule has 14 nitrogen and oxygen atoms in total. The first-order valence-electron chi connectivity index (χ1n) is 16.7. The van der Waals surface area contributed by atoms with Gasteiger partial charge < -0.3 is 27.4 Å². The molecule has 0 bridgehead atoms. The van der Waals surface area contributed by atoms with Gasteiger partial charge in [0.05, 0.1) is 23.2 Å². The lowest BCUT2D eigenvalue weighted by atomic mass is 10.1. The van der Waals surface area contributed by atoms with Crippen molar-refractivity contribution in [3.63, 3.8) is 0 Å². The van der Waals surface area contributed by atoms with Gasteiger partial charge in [0.1, 0.15) is 23.4 Å². The molecule has 3 atom stereocenters. The fourth-order valence-corrected chi connectivity index (χ4v) is 5.42. The lowest BCUT2D eigenvalue weighted by Gasteiger charge is -2.21. The van der Waals surface area contributed by atoms with Crippen molar-refractivity contribution in [2.45, 2.75) is 140 Å². The molecule has 0 heterocycles. The molecule has 2 rings (SSSR count). The summed E-state index contributed by atoms with van der Waals surface area (Å²) in [5, 5.41) is 14.9. The van der Waals surface area contributed by atoms with Gasteiger partial charge in [0.2, 0.25) is 23.6 Å². The van der Waals surface area contributed by atoms with E-state index in [-0.39, 0.29) is 42.0 Å². The molecule has 0 aliphatic heterocycles. The van der Waals surface area contributed by atoms with Gasteiger partial charge in [-0.05, 0) is 91.5 Å². The summed E-state index contributed by atoms with van der Waals surface area (Å²) >= 11 is 0. The quantitative estimate of drug-likeness (QED) is 0.0579. The fourth-order valence-electron chi connectivity index (χ4n) is 5.42. The maximum Gasteiger partial charge on any atom is 0.242 e. The van der Waals surface area contributed by atoms with Crippen molar-refractivity contribution in [2.24, 2.45) is 11.5 Å². The van der Waals surface area contributed by atoms with Crippen molar-refractivity contribution in [2.75, 3.05) is 19.6 Å². The van der Waals surface area contributed by atoms with E-state index in [0.717, 1.165) is 25.7 Å². The average Bonchev–Trinajstić information content (AvgIpc) is 3.91. The summed E-state index contributed by atoms with van der Waals surface area (Å²) in [6.45, 7) is 6.20. The number of carbonyl (C=O) groups is 7. The van der Waals surface area contributed by atoms with E-state index in [1.165, 1.54) is 13.8 Å². The molecule has 2 saturated carbocycles. The number of nitrogens with one attached hydrogen (secondary N) is 5. The summed E-state index contributed by atoms with van der Waals surface area (Å²) in [6, 6.07) is -1.85. The molecule has 46 heavy (non-hydrogen) atoms. The van der Waals surface area contributed by atoms with Gasteiger partial charge in [-0.2, -0.15) is 0 Å². The molecular weight excluding hydrogens is 594 g/mol. The molecule has 0 aromatic rings. The summed E-state index contributed by atoms with van der Waals surface area (Å²) in [5.41, 5.74) is 9.78. The molecule has 1 unspecified atom stereocenters. The summed E-state index contributed by atoms with van der Waals surface area (Å²) in [6.07, 6.45) is 7.81. The third-order valence-electron chi connectivity index (χ3n) is 8.96. The highest BCUT2D eigenvalue weighted by Crippen LogP contribution is 2.37. The zero-order valence-electron chi connectivity index (χ0n) is 27.8. The Morgan fingerprint density at radius 1 is 0.652 bits per heavy atom. The average molecular weight is 650 g/mol. The van der Waals surface area contributed by atoms with Crippen molar-refractivity contribution in [1.29, 1.82) is 0 Å². The van der Waals surface area contributed by atoms with Crippen LogP contribution >= 0.6 is 0 Å². The minimum atomic E-state index is -0.726. The van der Waals surface area contributed by atoms with Gasteiger partial charge in [0.25, 0.3) is 0 Å². The smallest absolute Gasteiger partial charge is 0.242 e. The van der Waals surface area contributed by atoms with Crippen molar-refractivity contribution in [3.8, 4) is 0 Å². The largest absolute Gasteiger partial charge is 0.368 e. The van der Waals surface area contributed by atoms with Crippen molar-refractivity contribution in [3.05, 3.63) is 0 Å². The van der Waals surface area contributed by atoms with Crippen molar-refractivity contribution >= 4 is 41.0 Å². The molecule has 0 aromatic carbocycles. The SMILES string of the molecule is CC(=O)C1(NC(CCCCNCCC(=O)CCCC(=O)N[C@@H](C)C(=O)NCCCC[C@H](NC2(C(C)=O)CC2)C(N)=O)C(N)=O)CC1. The molecule has 0 saturated heterocycles. The first-order valence-corrected chi connectivity index (χ1v) is 16.7. The Morgan fingerprint density at radius 2 is 1.15 bits per heavy atom. The molecule has 0 radical (unpaired) electrons. The van der Waals surface area contributed by atoms with Crippen LogP contribution < -0.4 is 38.1 Å². The monoisotopic (exact) mass is 649 g/mol. The molecule has 9 N–H and O–H groups in total. The molecule has 260 valence electrons. The molecule has 0 aromatic heterocycles. The van der Waals surface area contributed by atoms with Crippen molar-refractivity contribution < 1.29 is 33.6 Å². The Morgan fingerprint density at radius 3 is 1.61 bits per heavy atom. The Balaban J connectivity index is 1.47. The van der Waals surface area contributed by atoms with Crippen molar-refractivity contribution in [1.82, 2.24) is 26.6 Å². The molecule has 4 amide bonds.